The highest BCUT2D eigenvalue weighted by atomic mass is 32.2. The van der Waals surface area contributed by atoms with Gasteiger partial charge in [-0.25, -0.2) is 0 Å². The first-order valence-electron chi connectivity index (χ1n) is 9.68. The summed E-state index contributed by atoms with van der Waals surface area (Å²) < 4.78 is 6.00. The molecule has 8 nitrogen and oxygen atoms in total. The highest BCUT2D eigenvalue weighted by Crippen LogP contribution is 2.30. The quantitative estimate of drug-likeness (QED) is 0.417. The fraction of sp³-hybridized carbons (Fsp3) is 0.238. The van der Waals surface area contributed by atoms with Crippen LogP contribution in [0.25, 0.3) is 0 Å². The van der Waals surface area contributed by atoms with E-state index in [0.717, 1.165) is 9.47 Å². The standard InChI is InChI=1S/C21H21N5O3S2/c1-29-17-5-3-2-4-16(17)24-19(28)13-6-8-14(9-7-13)22-18(27)12-30-21-26-25-20(31-21)23-15-10-11-15/h2-9,15H,10-12H2,1H3,(H,22,27)(H,23,25)(H,24,28). The van der Waals surface area contributed by atoms with Gasteiger partial charge in [0.25, 0.3) is 5.91 Å². The summed E-state index contributed by atoms with van der Waals surface area (Å²) >= 11 is 2.80. The Morgan fingerprint density at radius 2 is 1.87 bits per heavy atom. The zero-order chi connectivity index (χ0) is 21.6. The van der Waals surface area contributed by atoms with Crippen molar-refractivity contribution in [1.82, 2.24) is 10.2 Å². The van der Waals surface area contributed by atoms with E-state index < -0.39 is 0 Å². The molecule has 2 aromatic carbocycles. The number of anilines is 3. The van der Waals surface area contributed by atoms with Crippen molar-refractivity contribution in [1.29, 1.82) is 0 Å². The van der Waals surface area contributed by atoms with Crippen molar-refractivity contribution in [3.63, 3.8) is 0 Å². The Bertz CT molecular complexity index is 1070. The number of rotatable bonds is 9. The largest absolute Gasteiger partial charge is 0.495 e. The average molecular weight is 456 g/mol. The van der Waals surface area contributed by atoms with Crippen LogP contribution in [0.15, 0.2) is 52.9 Å². The molecule has 0 spiro atoms. The van der Waals surface area contributed by atoms with Gasteiger partial charge in [0.2, 0.25) is 11.0 Å². The molecular formula is C21H21N5O3S2. The molecule has 0 aliphatic heterocycles. The molecule has 0 unspecified atom stereocenters. The zero-order valence-corrected chi connectivity index (χ0v) is 18.4. The maximum absolute atomic E-state index is 12.5. The number of carbonyl (C=O) groups excluding carboxylic acids is 2. The molecule has 0 saturated heterocycles. The summed E-state index contributed by atoms with van der Waals surface area (Å²) in [5.74, 6) is 0.407. The number of aromatic nitrogens is 2. The second-order valence-corrected chi connectivity index (χ2v) is 9.06. The minimum Gasteiger partial charge on any atom is -0.495 e. The molecule has 0 bridgehead atoms. The van der Waals surface area contributed by atoms with Crippen LogP contribution in [0, 0.1) is 0 Å². The molecular weight excluding hydrogens is 434 g/mol. The maximum atomic E-state index is 12.5. The van der Waals surface area contributed by atoms with E-state index in [-0.39, 0.29) is 17.6 Å². The van der Waals surface area contributed by atoms with E-state index >= 15 is 0 Å². The Morgan fingerprint density at radius 1 is 1.10 bits per heavy atom. The number of methoxy groups -OCH3 is 1. The highest BCUT2D eigenvalue weighted by Gasteiger charge is 2.22. The number of hydrogen-bond donors (Lipinski definition) is 3. The summed E-state index contributed by atoms with van der Waals surface area (Å²) in [6.07, 6.45) is 2.34. The summed E-state index contributed by atoms with van der Waals surface area (Å²) in [7, 11) is 1.55. The van der Waals surface area contributed by atoms with Crippen molar-refractivity contribution in [2.45, 2.75) is 23.2 Å². The molecule has 0 radical (unpaired) electrons. The van der Waals surface area contributed by atoms with Gasteiger partial charge in [0, 0.05) is 17.3 Å². The van der Waals surface area contributed by atoms with Crippen LogP contribution in [0.2, 0.25) is 0 Å². The van der Waals surface area contributed by atoms with E-state index in [4.69, 9.17) is 4.74 Å². The highest BCUT2D eigenvalue weighted by molar-refractivity contribution is 8.01. The van der Waals surface area contributed by atoms with Crippen molar-refractivity contribution < 1.29 is 14.3 Å². The molecule has 4 rings (SSSR count). The fourth-order valence-electron chi connectivity index (χ4n) is 2.70. The van der Waals surface area contributed by atoms with Crippen molar-refractivity contribution in [2.24, 2.45) is 0 Å². The monoisotopic (exact) mass is 455 g/mol. The Balaban J connectivity index is 1.27. The lowest BCUT2D eigenvalue weighted by atomic mass is 10.2. The van der Waals surface area contributed by atoms with Gasteiger partial charge in [0.15, 0.2) is 4.34 Å². The molecule has 3 aromatic rings. The number of carbonyl (C=O) groups is 2. The van der Waals surface area contributed by atoms with Crippen LogP contribution in [0.4, 0.5) is 16.5 Å². The minimum atomic E-state index is -0.259. The van der Waals surface area contributed by atoms with Gasteiger partial charge in [-0.3, -0.25) is 9.59 Å². The molecule has 1 aliphatic carbocycles. The molecule has 3 N–H and O–H groups in total. The average Bonchev–Trinajstić information content (AvgIpc) is 3.48. The van der Waals surface area contributed by atoms with E-state index in [0.29, 0.717) is 28.7 Å². The first-order chi connectivity index (χ1) is 15.1. The number of amides is 2. The number of thioether (sulfide) groups is 1. The Morgan fingerprint density at radius 3 is 2.61 bits per heavy atom. The molecule has 1 aliphatic rings. The van der Waals surface area contributed by atoms with Crippen LogP contribution in [0.3, 0.4) is 0 Å². The topological polar surface area (TPSA) is 105 Å². The van der Waals surface area contributed by atoms with Crippen molar-refractivity contribution in [2.75, 3.05) is 28.8 Å². The van der Waals surface area contributed by atoms with E-state index in [2.05, 4.69) is 26.1 Å². The van der Waals surface area contributed by atoms with Gasteiger partial charge in [0.1, 0.15) is 5.75 Å². The van der Waals surface area contributed by atoms with Crippen LogP contribution in [-0.4, -0.2) is 40.9 Å². The van der Waals surface area contributed by atoms with Crippen LogP contribution in [0.1, 0.15) is 23.2 Å². The van der Waals surface area contributed by atoms with E-state index in [1.54, 1.807) is 43.5 Å². The minimum absolute atomic E-state index is 0.150. The van der Waals surface area contributed by atoms with Crippen molar-refractivity contribution >= 4 is 51.4 Å². The molecule has 160 valence electrons. The second kappa shape index (κ2) is 9.80. The summed E-state index contributed by atoms with van der Waals surface area (Å²) in [6, 6.07) is 14.4. The Kier molecular flexibility index (Phi) is 6.68. The van der Waals surface area contributed by atoms with E-state index in [1.165, 1.54) is 35.9 Å². The molecule has 1 saturated carbocycles. The predicted molar refractivity (Wildman–Crippen MR) is 123 cm³/mol. The van der Waals surface area contributed by atoms with Gasteiger partial charge >= 0.3 is 0 Å². The van der Waals surface area contributed by atoms with Crippen LogP contribution in [-0.2, 0) is 4.79 Å². The first kappa shape index (κ1) is 21.1. The SMILES string of the molecule is COc1ccccc1NC(=O)c1ccc(NC(=O)CSc2nnc(NC3CC3)s2)cc1. The van der Waals surface area contributed by atoms with Crippen LogP contribution in [0.5, 0.6) is 5.75 Å². The smallest absolute Gasteiger partial charge is 0.255 e. The number of ether oxygens (including phenoxy) is 1. The molecule has 31 heavy (non-hydrogen) atoms. The van der Waals surface area contributed by atoms with Gasteiger partial charge in [-0.1, -0.05) is 35.2 Å². The van der Waals surface area contributed by atoms with Gasteiger partial charge < -0.3 is 20.7 Å². The predicted octanol–water partition coefficient (Wildman–Crippen LogP) is 4.10. The number of benzene rings is 2. The van der Waals surface area contributed by atoms with Gasteiger partial charge in [-0.15, -0.1) is 10.2 Å². The van der Waals surface area contributed by atoms with E-state index in [9.17, 15) is 9.59 Å². The third kappa shape index (κ3) is 5.96. The normalized spacial score (nSPS) is 12.8. The van der Waals surface area contributed by atoms with E-state index in [1.807, 2.05) is 12.1 Å². The molecule has 1 heterocycles. The maximum Gasteiger partial charge on any atom is 0.255 e. The Labute approximate surface area is 187 Å². The lowest BCUT2D eigenvalue weighted by Gasteiger charge is -2.10. The third-order valence-electron chi connectivity index (χ3n) is 4.42. The summed E-state index contributed by atoms with van der Waals surface area (Å²) in [6.45, 7) is 0. The molecule has 1 fully saturated rings. The van der Waals surface area contributed by atoms with Crippen molar-refractivity contribution in [3.8, 4) is 5.75 Å². The summed E-state index contributed by atoms with van der Waals surface area (Å²) in [4.78, 5) is 24.7. The Hall–Kier alpha value is -3.11. The molecule has 10 heteroatoms. The lowest BCUT2D eigenvalue weighted by molar-refractivity contribution is -0.113. The van der Waals surface area contributed by atoms with Gasteiger partial charge in [0.05, 0.1) is 18.6 Å². The zero-order valence-electron chi connectivity index (χ0n) is 16.8. The van der Waals surface area contributed by atoms with Gasteiger partial charge in [-0.2, -0.15) is 0 Å². The number of para-hydroxylation sites is 2. The van der Waals surface area contributed by atoms with Crippen LogP contribution >= 0.6 is 23.1 Å². The van der Waals surface area contributed by atoms with Crippen molar-refractivity contribution in [3.05, 3.63) is 54.1 Å². The number of hydrogen-bond acceptors (Lipinski definition) is 8. The first-order valence-corrected chi connectivity index (χ1v) is 11.5. The summed E-state index contributed by atoms with van der Waals surface area (Å²) in [5, 5.41) is 17.9. The second-order valence-electron chi connectivity index (χ2n) is 6.86. The van der Waals surface area contributed by atoms with Crippen LogP contribution < -0.4 is 20.7 Å². The third-order valence-corrected chi connectivity index (χ3v) is 6.41. The lowest BCUT2D eigenvalue weighted by Crippen LogP contribution is -2.15. The van der Waals surface area contributed by atoms with Gasteiger partial charge in [-0.05, 0) is 49.2 Å². The molecule has 1 aromatic heterocycles. The summed E-state index contributed by atoms with van der Waals surface area (Å²) in [5.41, 5.74) is 1.69. The number of nitrogens with one attached hydrogen (secondary N) is 3. The number of nitrogens with zero attached hydrogens (tertiary/aromatic N) is 2. The fourth-order valence-corrected chi connectivity index (χ4v) is 4.33. The molecule has 0 atom stereocenters. The molecule has 2 amide bonds.